The molecular formula is C10H11FN4S. The minimum atomic E-state index is -0.362. The van der Waals surface area contributed by atoms with Gasteiger partial charge in [-0.2, -0.15) is 9.36 Å². The van der Waals surface area contributed by atoms with Crippen LogP contribution >= 0.6 is 11.5 Å². The van der Waals surface area contributed by atoms with E-state index < -0.39 is 0 Å². The van der Waals surface area contributed by atoms with Crippen LogP contribution in [0.25, 0.3) is 11.5 Å². The summed E-state index contributed by atoms with van der Waals surface area (Å²) in [7, 11) is 0. The molecular weight excluding hydrogens is 227 g/mol. The summed E-state index contributed by atoms with van der Waals surface area (Å²) >= 11 is 1.27. The fourth-order valence-corrected chi connectivity index (χ4v) is 1.86. The van der Waals surface area contributed by atoms with Crippen LogP contribution in [0, 0.1) is 5.82 Å². The maximum atomic E-state index is 12.7. The first kappa shape index (κ1) is 10.9. The molecule has 0 saturated heterocycles. The summed E-state index contributed by atoms with van der Waals surface area (Å²) in [6.07, 6.45) is 1.16. The van der Waals surface area contributed by atoms with E-state index in [1.165, 1.54) is 17.6 Å². The van der Waals surface area contributed by atoms with Crippen LogP contribution in [0.15, 0.2) is 18.3 Å². The molecule has 0 radical (unpaired) electrons. The molecule has 0 atom stereocenters. The van der Waals surface area contributed by atoms with E-state index in [2.05, 4.69) is 19.7 Å². The molecule has 6 heteroatoms. The van der Waals surface area contributed by atoms with E-state index in [4.69, 9.17) is 0 Å². The van der Waals surface area contributed by atoms with Gasteiger partial charge >= 0.3 is 0 Å². The van der Waals surface area contributed by atoms with E-state index in [-0.39, 0.29) is 5.82 Å². The van der Waals surface area contributed by atoms with Gasteiger partial charge in [0.25, 0.3) is 0 Å². The van der Waals surface area contributed by atoms with E-state index in [0.717, 1.165) is 11.3 Å². The average molecular weight is 238 g/mol. The molecule has 2 aromatic rings. The lowest BCUT2D eigenvalue weighted by molar-refractivity contribution is 0.621. The van der Waals surface area contributed by atoms with Gasteiger partial charge in [0, 0.05) is 17.6 Å². The predicted octanol–water partition coefficient (Wildman–Crippen LogP) is 2.56. The second kappa shape index (κ2) is 4.52. The fraction of sp³-hybridized carbons (Fsp3) is 0.300. The topological polar surface area (TPSA) is 50.7 Å². The molecule has 0 aliphatic carbocycles. The van der Waals surface area contributed by atoms with Crippen LogP contribution in [0.3, 0.4) is 0 Å². The zero-order valence-electron chi connectivity index (χ0n) is 8.94. The number of aromatic nitrogens is 3. The average Bonchev–Trinajstić information content (AvgIpc) is 2.66. The van der Waals surface area contributed by atoms with Crippen LogP contribution in [0.4, 0.5) is 9.52 Å². The van der Waals surface area contributed by atoms with Crippen molar-refractivity contribution in [1.82, 2.24) is 14.3 Å². The number of hydrogen-bond acceptors (Lipinski definition) is 5. The molecule has 0 unspecified atom stereocenters. The van der Waals surface area contributed by atoms with Gasteiger partial charge in [0.2, 0.25) is 5.13 Å². The van der Waals surface area contributed by atoms with Gasteiger partial charge in [-0.15, -0.1) is 0 Å². The highest BCUT2D eigenvalue weighted by Gasteiger charge is 2.08. The normalized spacial score (nSPS) is 10.8. The van der Waals surface area contributed by atoms with Crippen molar-refractivity contribution in [2.45, 2.75) is 19.9 Å². The van der Waals surface area contributed by atoms with Crippen molar-refractivity contribution >= 4 is 16.7 Å². The molecule has 2 aromatic heterocycles. The lowest BCUT2D eigenvalue weighted by Crippen LogP contribution is -2.09. The Morgan fingerprint density at radius 3 is 2.81 bits per heavy atom. The third-order valence-corrected chi connectivity index (χ3v) is 2.44. The Balaban J connectivity index is 2.21. The monoisotopic (exact) mass is 238 g/mol. The minimum absolute atomic E-state index is 0.307. The Hall–Kier alpha value is -1.56. The highest BCUT2D eigenvalue weighted by molar-refractivity contribution is 7.09. The Kier molecular flexibility index (Phi) is 3.09. The fourth-order valence-electron chi connectivity index (χ4n) is 1.14. The number of anilines is 1. The van der Waals surface area contributed by atoms with E-state index >= 15 is 0 Å². The van der Waals surface area contributed by atoms with Crippen molar-refractivity contribution in [3.63, 3.8) is 0 Å². The van der Waals surface area contributed by atoms with Gasteiger partial charge in [-0.25, -0.2) is 9.37 Å². The standard InChI is InChI=1S/C10H11FN4S/c1-6(2)13-10-14-9(15-16-10)8-4-3-7(11)5-12-8/h3-6H,1-2H3,(H,13,14,15). The Bertz CT molecular complexity index is 466. The van der Waals surface area contributed by atoms with Crippen LogP contribution in [0.2, 0.25) is 0 Å². The quantitative estimate of drug-likeness (QED) is 0.892. The van der Waals surface area contributed by atoms with Crippen LogP contribution < -0.4 is 5.32 Å². The summed E-state index contributed by atoms with van der Waals surface area (Å²) in [5.41, 5.74) is 0.578. The second-order valence-corrected chi connectivity index (χ2v) is 4.34. The van der Waals surface area contributed by atoms with Crippen molar-refractivity contribution in [2.75, 3.05) is 5.32 Å². The molecule has 0 amide bonds. The lowest BCUT2D eigenvalue weighted by Gasteiger charge is -2.03. The van der Waals surface area contributed by atoms with E-state index in [9.17, 15) is 4.39 Å². The molecule has 4 nitrogen and oxygen atoms in total. The summed E-state index contributed by atoms with van der Waals surface area (Å²) in [4.78, 5) is 8.18. The first-order chi connectivity index (χ1) is 7.65. The Morgan fingerprint density at radius 1 is 1.38 bits per heavy atom. The molecule has 0 aliphatic heterocycles. The largest absolute Gasteiger partial charge is 0.358 e. The SMILES string of the molecule is CC(C)Nc1nc(-c2ccc(F)cn2)ns1. The lowest BCUT2D eigenvalue weighted by atomic mass is 10.3. The number of rotatable bonds is 3. The Labute approximate surface area is 96.7 Å². The molecule has 1 N–H and O–H groups in total. The molecule has 0 fully saturated rings. The summed E-state index contributed by atoms with van der Waals surface area (Å²) in [5, 5.41) is 3.90. The molecule has 16 heavy (non-hydrogen) atoms. The number of hydrogen-bond donors (Lipinski definition) is 1. The van der Waals surface area contributed by atoms with E-state index in [1.54, 1.807) is 6.07 Å². The molecule has 84 valence electrons. The van der Waals surface area contributed by atoms with Gasteiger partial charge in [-0.1, -0.05) is 0 Å². The molecule has 2 rings (SSSR count). The second-order valence-electron chi connectivity index (χ2n) is 3.58. The van der Waals surface area contributed by atoms with Crippen LogP contribution in [-0.2, 0) is 0 Å². The predicted molar refractivity (Wildman–Crippen MR) is 61.9 cm³/mol. The summed E-state index contributed by atoms with van der Waals surface area (Å²) < 4.78 is 16.8. The number of halogens is 1. The van der Waals surface area contributed by atoms with Gasteiger partial charge in [-0.3, -0.25) is 0 Å². The van der Waals surface area contributed by atoms with Crippen molar-refractivity contribution in [1.29, 1.82) is 0 Å². The maximum Gasteiger partial charge on any atom is 0.203 e. The van der Waals surface area contributed by atoms with Crippen LogP contribution in [0.1, 0.15) is 13.8 Å². The van der Waals surface area contributed by atoms with Crippen molar-refractivity contribution in [2.24, 2.45) is 0 Å². The molecule has 0 saturated carbocycles. The van der Waals surface area contributed by atoms with Crippen molar-refractivity contribution < 1.29 is 4.39 Å². The van der Waals surface area contributed by atoms with Gasteiger partial charge in [0.1, 0.15) is 11.5 Å². The van der Waals surface area contributed by atoms with Gasteiger partial charge in [-0.05, 0) is 26.0 Å². The summed E-state index contributed by atoms with van der Waals surface area (Å²) in [6, 6.07) is 3.22. The van der Waals surface area contributed by atoms with E-state index in [0.29, 0.717) is 17.6 Å². The highest BCUT2D eigenvalue weighted by atomic mass is 32.1. The van der Waals surface area contributed by atoms with Crippen molar-refractivity contribution in [3.8, 4) is 11.5 Å². The van der Waals surface area contributed by atoms with Crippen molar-refractivity contribution in [3.05, 3.63) is 24.1 Å². The summed E-state index contributed by atoms with van der Waals surface area (Å²) in [6.45, 7) is 4.05. The number of nitrogens with one attached hydrogen (secondary N) is 1. The minimum Gasteiger partial charge on any atom is -0.358 e. The first-order valence-electron chi connectivity index (χ1n) is 4.87. The zero-order valence-corrected chi connectivity index (χ0v) is 9.75. The van der Waals surface area contributed by atoms with Crippen LogP contribution in [-0.4, -0.2) is 20.4 Å². The first-order valence-corrected chi connectivity index (χ1v) is 5.64. The molecule has 2 heterocycles. The number of nitrogens with zero attached hydrogens (tertiary/aromatic N) is 3. The van der Waals surface area contributed by atoms with Gasteiger partial charge in [0.15, 0.2) is 5.82 Å². The molecule has 0 aromatic carbocycles. The number of pyridine rings is 1. The van der Waals surface area contributed by atoms with Crippen LogP contribution in [0.5, 0.6) is 0 Å². The molecule has 0 bridgehead atoms. The third kappa shape index (κ3) is 2.52. The third-order valence-electron chi connectivity index (χ3n) is 1.79. The van der Waals surface area contributed by atoms with Gasteiger partial charge < -0.3 is 5.32 Å². The molecule has 0 aliphatic rings. The summed E-state index contributed by atoms with van der Waals surface area (Å²) in [5.74, 6) is 0.160. The highest BCUT2D eigenvalue weighted by Crippen LogP contribution is 2.19. The smallest absolute Gasteiger partial charge is 0.203 e. The Morgan fingerprint density at radius 2 is 2.19 bits per heavy atom. The molecule has 0 spiro atoms. The van der Waals surface area contributed by atoms with E-state index in [1.807, 2.05) is 13.8 Å². The maximum absolute atomic E-state index is 12.7. The van der Waals surface area contributed by atoms with Gasteiger partial charge in [0.05, 0.1) is 6.20 Å². The zero-order chi connectivity index (χ0) is 11.5.